The molecule has 9 heteroatoms. The minimum atomic E-state index is -0.0587. The summed E-state index contributed by atoms with van der Waals surface area (Å²) in [7, 11) is 4.73. The van der Waals surface area contributed by atoms with Crippen molar-refractivity contribution in [2.75, 3.05) is 21.3 Å². The number of rotatable bonds is 5. The average molecular weight is 388 g/mol. The molecule has 1 aliphatic rings. The molecule has 0 saturated carbocycles. The number of methoxy groups -OCH3 is 3. The number of benzene rings is 1. The normalized spacial score (nSPS) is 16.5. The van der Waals surface area contributed by atoms with Gasteiger partial charge in [-0.1, -0.05) is 23.2 Å². The lowest BCUT2D eigenvalue weighted by Gasteiger charge is -2.14. The first kappa shape index (κ1) is 17.1. The van der Waals surface area contributed by atoms with Crippen molar-refractivity contribution in [2.45, 2.75) is 12.5 Å². The number of hydrogen-bond donors (Lipinski definition) is 1. The third kappa shape index (κ3) is 3.11. The topological polar surface area (TPSA) is 65.0 Å². The zero-order valence-corrected chi connectivity index (χ0v) is 15.6. The Morgan fingerprint density at radius 2 is 1.79 bits per heavy atom. The Morgan fingerprint density at radius 3 is 2.29 bits per heavy atom. The Hall–Kier alpha value is -1.70. The van der Waals surface area contributed by atoms with Crippen LogP contribution in [0.15, 0.2) is 17.2 Å². The molecular weight excluding hydrogens is 373 g/mol. The van der Waals surface area contributed by atoms with E-state index in [1.807, 2.05) is 12.1 Å². The molecule has 0 fully saturated rings. The summed E-state index contributed by atoms with van der Waals surface area (Å²) in [5.74, 6) is 1.71. The Bertz CT molecular complexity index is 769. The molecule has 1 aromatic carbocycles. The molecule has 1 N–H and O–H groups in total. The SMILES string of the molecule is COc1cc(C2=NNC(c3sc(Cl)nc3Cl)C2)cc(OC)c1OC. The predicted octanol–water partition coefficient (Wildman–Crippen LogP) is 3.91. The molecular formula is C15H15Cl2N3O3S. The van der Waals surface area contributed by atoms with Gasteiger partial charge in [0.25, 0.3) is 0 Å². The Kier molecular flexibility index (Phi) is 5.03. The molecule has 128 valence electrons. The van der Waals surface area contributed by atoms with Crippen molar-refractivity contribution < 1.29 is 14.2 Å². The maximum atomic E-state index is 6.12. The monoisotopic (exact) mass is 387 g/mol. The zero-order chi connectivity index (χ0) is 17.3. The quantitative estimate of drug-likeness (QED) is 0.841. The summed E-state index contributed by atoms with van der Waals surface area (Å²) in [5, 5.41) is 4.82. The highest BCUT2D eigenvalue weighted by molar-refractivity contribution is 7.16. The summed E-state index contributed by atoms with van der Waals surface area (Å²) in [6.45, 7) is 0. The molecule has 1 unspecified atom stereocenters. The molecule has 0 bridgehead atoms. The molecule has 0 aliphatic carbocycles. The van der Waals surface area contributed by atoms with Crippen molar-refractivity contribution in [3.63, 3.8) is 0 Å². The summed E-state index contributed by atoms with van der Waals surface area (Å²) in [4.78, 5) is 4.90. The molecule has 24 heavy (non-hydrogen) atoms. The molecule has 0 amide bonds. The molecule has 0 spiro atoms. The van der Waals surface area contributed by atoms with Crippen molar-refractivity contribution in [1.82, 2.24) is 10.4 Å². The average Bonchev–Trinajstić information content (AvgIpc) is 3.19. The van der Waals surface area contributed by atoms with Crippen LogP contribution in [0.1, 0.15) is 22.9 Å². The molecule has 0 radical (unpaired) electrons. The summed E-state index contributed by atoms with van der Waals surface area (Å²) in [6.07, 6.45) is 0.650. The van der Waals surface area contributed by atoms with Crippen LogP contribution in [0.2, 0.25) is 9.62 Å². The van der Waals surface area contributed by atoms with E-state index in [-0.39, 0.29) is 6.04 Å². The minimum Gasteiger partial charge on any atom is -0.493 e. The van der Waals surface area contributed by atoms with Gasteiger partial charge in [-0.15, -0.1) is 11.3 Å². The second-order valence-electron chi connectivity index (χ2n) is 4.98. The molecule has 1 aliphatic heterocycles. The van der Waals surface area contributed by atoms with Gasteiger partial charge in [-0.05, 0) is 12.1 Å². The van der Waals surface area contributed by atoms with E-state index < -0.39 is 0 Å². The van der Waals surface area contributed by atoms with Crippen LogP contribution in [-0.2, 0) is 0 Å². The fraction of sp³-hybridized carbons (Fsp3) is 0.333. The van der Waals surface area contributed by atoms with E-state index in [1.54, 1.807) is 21.3 Å². The predicted molar refractivity (Wildman–Crippen MR) is 95.3 cm³/mol. The van der Waals surface area contributed by atoms with Crippen molar-refractivity contribution in [2.24, 2.45) is 5.10 Å². The second kappa shape index (κ2) is 7.04. The summed E-state index contributed by atoms with van der Waals surface area (Å²) in [5.41, 5.74) is 4.82. The van der Waals surface area contributed by atoms with Gasteiger partial charge in [-0.3, -0.25) is 0 Å². The zero-order valence-electron chi connectivity index (χ0n) is 13.2. The third-order valence-corrected chi connectivity index (χ3v) is 5.32. The maximum Gasteiger partial charge on any atom is 0.203 e. The van der Waals surface area contributed by atoms with Crippen LogP contribution in [0.5, 0.6) is 17.2 Å². The summed E-state index contributed by atoms with van der Waals surface area (Å²) < 4.78 is 16.5. The number of halogens is 2. The fourth-order valence-corrected chi connectivity index (χ4v) is 4.01. The van der Waals surface area contributed by atoms with Crippen molar-refractivity contribution in [1.29, 1.82) is 0 Å². The second-order valence-corrected chi connectivity index (χ2v) is 6.95. The van der Waals surface area contributed by atoms with Gasteiger partial charge in [-0.2, -0.15) is 5.10 Å². The van der Waals surface area contributed by atoms with Gasteiger partial charge >= 0.3 is 0 Å². The minimum absolute atomic E-state index is 0.0587. The number of nitrogens with zero attached hydrogens (tertiary/aromatic N) is 2. The van der Waals surface area contributed by atoms with E-state index >= 15 is 0 Å². The lowest BCUT2D eigenvalue weighted by atomic mass is 10.0. The summed E-state index contributed by atoms with van der Waals surface area (Å²) in [6, 6.07) is 3.67. The smallest absolute Gasteiger partial charge is 0.203 e. The molecule has 2 heterocycles. The van der Waals surface area contributed by atoms with Crippen LogP contribution in [0.25, 0.3) is 0 Å². The number of hydrazone groups is 1. The molecule has 2 aromatic rings. The number of thiazole rings is 1. The van der Waals surface area contributed by atoms with Crippen LogP contribution in [0.3, 0.4) is 0 Å². The van der Waals surface area contributed by atoms with Gasteiger partial charge in [0, 0.05) is 12.0 Å². The van der Waals surface area contributed by atoms with Crippen molar-refractivity contribution in [3.8, 4) is 17.2 Å². The van der Waals surface area contributed by atoms with E-state index in [0.29, 0.717) is 33.3 Å². The van der Waals surface area contributed by atoms with Gasteiger partial charge < -0.3 is 19.6 Å². The number of hydrogen-bond acceptors (Lipinski definition) is 7. The number of aromatic nitrogens is 1. The van der Waals surface area contributed by atoms with Gasteiger partial charge in [0.2, 0.25) is 5.75 Å². The van der Waals surface area contributed by atoms with Crippen LogP contribution in [0, 0.1) is 0 Å². The van der Waals surface area contributed by atoms with E-state index in [9.17, 15) is 0 Å². The van der Waals surface area contributed by atoms with E-state index in [4.69, 9.17) is 37.4 Å². The maximum absolute atomic E-state index is 6.12. The Labute approximate surface area is 153 Å². The molecule has 0 saturated heterocycles. The molecule has 1 atom stereocenters. The van der Waals surface area contributed by atoms with Crippen molar-refractivity contribution >= 4 is 40.3 Å². The molecule has 6 nitrogen and oxygen atoms in total. The standard InChI is InChI=1S/C15H15Cl2N3O3S/c1-21-10-4-7(5-11(22-2)12(10)23-3)8-6-9(20-19-8)13-14(16)18-15(17)24-13/h4-5,9,20H,6H2,1-3H3. The van der Waals surface area contributed by atoms with Crippen molar-refractivity contribution in [3.05, 3.63) is 32.2 Å². The fourth-order valence-electron chi connectivity index (χ4n) is 2.52. The van der Waals surface area contributed by atoms with E-state index in [1.165, 1.54) is 11.3 Å². The van der Waals surface area contributed by atoms with E-state index in [2.05, 4.69) is 15.5 Å². The van der Waals surface area contributed by atoms with Gasteiger partial charge in [0.1, 0.15) is 5.15 Å². The van der Waals surface area contributed by atoms with Crippen LogP contribution in [-0.4, -0.2) is 32.0 Å². The number of nitrogens with one attached hydrogen (secondary N) is 1. The Balaban J connectivity index is 1.89. The molecule has 3 rings (SSSR count). The van der Waals surface area contributed by atoms with Gasteiger partial charge in [-0.25, -0.2) is 4.98 Å². The van der Waals surface area contributed by atoms with E-state index in [0.717, 1.165) is 16.2 Å². The lowest BCUT2D eigenvalue weighted by Crippen LogP contribution is -2.08. The van der Waals surface area contributed by atoms with Crippen LogP contribution in [0.4, 0.5) is 0 Å². The molecule has 1 aromatic heterocycles. The first-order valence-corrected chi connectivity index (χ1v) is 8.58. The number of ether oxygens (including phenoxy) is 3. The first-order valence-electron chi connectivity index (χ1n) is 7.01. The van der Waals surface area contributed by atoms with Gasteiger partial charge in [0.15, 0.2) is 16.0 Å². The Morgan fingerprint density at radius 1 is 1.12 bits per heavy atom. The third-order valence-electron chi connectivity index (χ3n) is 3.65. The highest BCUT2D eigenvalue weighted by atomic mass is 35.5. The first-order chi connectivity index (χ1) is 11.6. The van der Waals surface area contributed by atoms with Crippen LogP contribution < -0.4 is 19.6 Å². The highest BCUT2D eigenvalue weighted by Gasteiger charge is 2.27. The van der Waals surface area contributed by atoms with Crippen LogP contribution >= 0.6 is 34.5 Å². The lowest BCUT2D eigenvalue weighted by molar-refractivity contribution is 0.324. The largest absolute Gasteiger partial charge is 0.493 e. The highest BCUT2D eigenvalue weighted by Crippen LogP contribution is 2.40. The summed E-state index contributed by atoms with van der Waals surface area (Å²) >= 11 is 13.4. The van der Waals surface area contributed by atoms with Gasteiger partial charge in [0.05, 0.1) is 38.0 Å².